The Morgan fingerprint density at radius 1 is 1.16 bits per heavy atom. The molecule has 3 nitrogen and oxygen atoms in total. The van der Waals surface area contributed by atoms with E-state index < -0.39 is 19.0 Å². The smallest absolute Gasteiger partial charge is 0.311 e. The maximum atomic E-state index is 11.9. The summed E-state index contributed by atoms with van der Waals surface area (Å²) in [6, 6.07) is 13.4. The van der Waals surface area contributed by atoms with Gasteiger partial charge in [0, 0.05) is 6.16 Å². The minimum atomic E-state index is -2.38. The molecule has 0 aliphatic heterocycles. The van der Waals surface area contributed by atoms with E-state index in [0.717, 1.165) is 16.3 Å². The summed E-state index contributed by atoms with van der Waals surface area (Å²) in [5.41, 5.74) is 0.718. The molecule has 0 amide bonds. The van der Waals surface area contributed by atoms with E-state index in [-0.39, 0.29) is 6.16 Å². The molecule has 0 heterocycles. The second-order valence-electron chi connectivity index (χ2n) is 5.25. The van der Waals surface area contributed by atoms with E-state index in [9.17, 15) is 14.5 Å². The first-order chi connectivity index (χ1) is 8.87. The van der Waals surface area contributed by atoms with Crippen LogP contribution in [0.15, 0.2) is 42.5 Å². The van der Waals surface area contributed by atoms with Gasteiger partial charge >= 0.3 is 5.97 Å². The molecule has 4 heteroatoms. The van der Waals surface area contributed by atoms with E-state index in [1.165, 1.54) is 0 Å². The zero-order valence-corrected chi connectivity index (χ0v) is 11.9. The number of rotatable bonds is 4. The van der Waals surface area contributed by atoms with E-state index in [4.69, 9.17) is 0 Å². The lowest BCUT2D eigenvalue weighted by molar-refractivity contribution is -0.138. The van der Waals surface area contributed by atoms with Gasteiger partial charge in [0.05, 0.1) is 13.1 Å². The predicted octanol–water partition coefficient (Wildman–Crippen LogP) is 3.63. The van der Waals surface area contributed by atoms with Crippen molar-refractivity contribution < 1.29 is 14.5 Å². The Bertz CT molecular complexity index is 657. The van der Waals surface area contributed by atoms with E-state index in [2.05, 4.69) is 0 Å². The number of fused-ring (bicyclic) bond motifs is 1. The third-order valence-corrected chi connectivity index (χ3v) is 4.34. The Hall–Kier alpha value is -1.60. The highest BCUT2D eigenvalue weighted by Crippen LogP contribution is 2.41. The standard InChI is InChI=1S/C15H17O3P/c1-19(2,18)10-14(15(16)17)13-8-7-11-5-3-4-6-12(11)9-13/h3-9,14H,10H2,1-2H3,(H,16,17)/t14-/m1/s1. The van der Waals surface area contributed by atoms with Crippen molar-refractivity contribution in [1.82, 2.24) is 0 Å². The van der Waals surface area contributed by atoms with E-state index in [1.807, 2.05) is 42.5 Å². The summed E-state index contributed by atoms with van der Waals surface area (Å²) >= 11 is 0. The SMILES string of the molecule is CP(C)(=O)C[C@@H](C(=O)O)c1ccc2ccccc2c1. The number of carbonyl (C=O) groups is 1. The van der Waals surface area contributed by atoms with Crippen LogP contribution in [-0.2, 0) is 9.36 Å². The molecule has 0 spiro atoms. The van der Waals surface area contributed by atoms with E-state index in [1.54, 1.807) is 13.3 Å². The Kier molecular flexibility index (Phi) is 3.77. The summed E-state index contributed by atoms with van der Waals surface area (Å²) in [4.78, 5) is 11.4. The Labute approximate surface area is 112 Å². The number of aliphatic carboxylic acids is 1. The molecule has 0 bridgehead atoms. The van der Waals surface area contributed by atoms with Crippen LogP contribution in [0.2, 0.25) is 0 Å². The quantitative estimate of drug-likeness (QED) is 0.867. The van der Waals surface area contributed by atoms with Crippen molar-refractivity contribution in [3.63, 3.8) is 0 Å². The van der Waals surface area contributed by atoms with Crippen molar-refractivity contribution in [1.29, 1.82) is 0 Å². The summed E-state index contributed by atoms with van der Waals surface area (Å²) in [6.07, 6.45) is 0.195. The lowest BCUT2D eigenvalue weighted by atomic mass is 9.98. The first-order valence-corrected chi connectivity index (χ1v) is 8.91. The second-order valence-corrected chi connectivity index (χ2v) is 8.77. The first kappa shape index (κ1) is 13.8. The zero-order chi connectivity index (χ0) is 14.0. The third-order valence-electron chi connectivity index (χ3n) is 3.10. The average molecular weight is 276 g/mol. The van der Waals surface area contributed by atoms with Crippen LogP contribution in [0.3, 0.4) is 0 Å². The van der Waals surface area contributed by atoms with Crippen molar-refractivity contribution >= 4 is 23.9 Å². The van der Waals surface area contributed by atoms with Crippen LogP contribution in [0.5, 0.6) is 0 Å². The number of hydrogen-bond donors (Lipinski definition) is 1. The normalized spacial score (nSPS) is 13.4. The number of carboxylic acids is 1. The molecule has 1 atom stereocenters. The van der Waals surface area contributed by atoms with Gasteiger partial charge in [0.15, 0.2) is 0 Å². The van der Waals surface area contributed by atoms with Gasteiger partial charge in [-0.2, -0.15) is 0 Å². The largest absolute Gasteiger partial charge is 0.481 e. The average Bonchev–Trinajstić information content (AvgIpc) is 2.34. The first-order valence-electron chi connectivity index (χ1n) is 6.12. The van der Waals surface area contributed by atoms with Gasteiger partial charge in [-0.3, -0.25) is 4.79 Å². The van der Waals surface area contributed by atoms with Crippen molar-refractivity contribution in [2.75, 3.05) is 19.5 Å². The molecule has 0 aliphatic carbocycles. The molecule has 0 fully saturated rings. The molecule has 0 saturated carbocycles. The number of carboxylic acid groups (broad SMARTS) is 1. The molecular weight excluding hydrogens is 259 g/mol. The predicted molar refractivity (Wildman–Crippen MR) is 78.6 cm³/mol. The van der Waals surface area contributed by atoms with Crippen LogP contribution in [0.1, 0.15) is 11.5 Å². The van der Waals surface area contributed by atoms with Crippen LogP contribution in [0.25, 0.3) is 10.8 Å². The van der Waals surface area contributed by atoms with E-state index >= 15 is 0 Å². The zero-order valence-electron chi connectivity index (χ0n) is 11.0. The van der Waals surface area contributed by atoms with Crippen molar-refractivity contribution in [2.24, 2.45) is 0 Å². The maximum Gasteiger partial charge on any atom is 0.311 e. The molecule has 0 radical (unpaired) electrons. The summed E-state index contributed by atoms with van der Waals surface area (Å²) in [5, 5.41) is 11.4. The number of hydrogen-bond acceptors (Lipinski definition) is 2. The molecule has 0 aromatic heterocycles. The lowest BCUT2D eigenvalue weighted by Gasteiger charge is -2.16. The van der Waals surface area contributed by atoms with Crippen LogP contribution in [0.4, 0.5) is 0 Å². The topological polar surface area (TPSA) is 54.4 Å². The van der Waals surface area contributed by atoms with Gasteiger partial charge in [-0.1, -0.05) is 42.5 Å². The molecule has 2 aromatic carbocycles. The lowest BCUT2D eigenvalue weighted by Crippen LogP contribution is -2.15. The summed E-state index contributed by atoms with van der Waals surface area (Å²) in [7, 11) is -2.38. The van der Waals surface area contributed by atoms with Crippen molar-refractivity contribution in [3.8, 4) is 0 Å². The summed E-state index contributed by atoms with van der Waals surface area (Å²) in [5.74, 6) is -1.62. The Morgan fingerprint density at radius 3 is 2.37 bits per heavy atom. The van der Waals surface area contributed by atoms with Crippen LogP contribution >= 0.6 is 7.14 Å². The minimum Gasteiger partial charge on any atom is -0.481 e. The van der Waals surface area contributed by atoms with Crippen molar-refractivity contribution in [2.45, 2.75) is 5.92 Å². The fourth-order valence-corrected chi connectivity index (χ4v) is 3.44. The van der Waals surface area contributed by atoms with Gasteiger partial charge in [-0.15, -0.1) is 0 Å². The molecule has 1 N–H and O–H groups in total. The number of benzene rings is 2. The van der Waals surface area contributed by atoms with Crippen LogP contribution in [-0.4, -0.2) is 30.6 Å². The summed E-state index contributed by atoms with van der Waals surface area (Å²) in [6.45, 7) is 3.26. The highest BCUT2D eigenvalue weighted by molar-refractivity contribution is 7.62. The van der Waals surface area contributed by atoms with Gasteiger partial charge in [-0.25, -0.2) is 0 Å². The second kappa shape index (κ2) is 5.18. The molecule has 0 unspecified atom stereocenters. The molecule has 2 rings (SSSR count). The van der Waals surface area contributed by atoms with Crippen LogP contribution < -0.4 is 0 Å². The third kappa shape index (κ3) is 3.45. The molecule has 19 heavy (non-hydrogen) atoms. The molecular formula is C15H17O3P. The molecule has 0 aliphatic rings. The Morgan fingerprint density at radius 2 is 1.79 bits per heavy atom. The fraction of sp³-hybridized carbons (Fsp3) is 0.267. The minimum absolute atomic E-state index is 0.195. The van der Waals surface area contributed by atoms with Crippen molar-refractivity contribution in [3.05, 3.63) is 48.0 Å². The fourth-order valence-electron chi connectivity index (χ4n) is 2.19. The highest BCUT2D eigenvalue weighted by Gasteiger charge is 2.25. The van der Waals surface area contributed by atoms with Gasteiger partial charge in [0.25, 0.3) is 0 Å². The van der Waals surface area contributed by atoms with E-state index in [0.29, 0.717) is 0 Å². The van der Waals surface area contributed by atoms with Gasteiger partial charge in [-0.05, 0) is 29.7 Å². The Balaban J connectivity index is 2.44. The van der Waals surface area contributed by atoms with Crippen LogP contribution in [0, 0.1) is 0 Å². The monoisotopic (exact) mass is 276 g/mol. The maximum absolute atomic E-state index is 11.9. The van der Waals surface area contributed by atoms with Gasteiger partial charge in [0.1, 0.15) is 0 Å². The molecule has 0 saturated heterocycles. The highest BCUT2D eigenvalue weighted by atomic mass is 31.2. The van der Waals surface area contributed by atoms with Gasteiger partial charge < -0.3 is 9.67 Å². The molecule has 100 valence electrons. The summed E-state index contributed by atoms with van der Waals surface area (Å²) < 4.78 is 11.9. The van der Waals surface area contributed by atoms with Gasteiger partial charge in [0.2, 0.25) is 0 Å². The molecule has 2 aromatic rings.